The Kier molecular flexibility index (Phi) is 4.41. The number of aryl methyl sites for hydroxylation is 2. The van der Waals surface area contributed by atoms with Crippen LogP contribution in [0.25, 0.3) is 0 Å². The van der Waals surface area contributed by atoms with Gasteiger partial charge in [0.25, 0.3) is 5.91 Å². The minimum atomic E-state index is -0.265. The molecule has 1 aromatic carbocycles. The summed E-state index contributed by atoms with van der Waals surface area (Å²) in [4.78, 5) is 30.0. The van der Waals surface area contributed by atoms with Crippen molar-refractivity contribution in [3.8, 4) is 0 Å². The number of amides is 2. The zero-order valence-corrected chi connectivity index (χ0v) is 13.5. The first-order valence-corrected chi connectivity index (χ1v) is 7.90. The van der Waals surface area contributed by atoms with E-state index in [-0.39, 0.29) is 17.8 Å². The monoisotopic (exact) mass is 325 g/mol. The number of fused-ring (bicyclic) bond motifs is 1. The second-order valence-corrected chi connectivity index (χ2v) is 5.52. The third kappa shape index (κ3) is 3.05. The van der Waals surface area contributed by atoms with Gasteiger partial charge in [0.1, 0.15) is 6.33 Å². The zero-order valence-electron chi connectivity index (χ0n) is 13.5. The van der Waals surface area contributed by atoms with Crippen molar-refractivity contribution in [2.75, 3.05) is 16.8 Å². The summed E-state index contributed by atoms with van der Waals surface area (Å²) in [5.41, 5.74) is 2.35. The number of anilines is 2. The van der Waals surface area contributed by atoms with Crippen LogP contribution in [0.4, 0.5) is 11.6 Å². The first-order chi connectivity index (χ1) is 11.6. The minimum Gasteiger partial charge on any atom is -0.309 e. The first-order valence-electron chi connectivity index (χ1n) is 7.90. The highest BCUT2D eigenvalue weighted by Gasteiger charge is 2.22. The van der Waals surface area contributed by atoms with Crippen molar-refractivity contribution in [3.63, 3.8) is 0 Å². The highest BCUT2D eigenvalue weighted by atomic mass is 16.2. The van der Waals surface area contributed by atoms with E-state index in [0.29, 0.717) is 18.7 Å². The van der Waals surface area contributed by atoms with Crippen molar-refractivity contribution in [3.05, 3.63) is 48.3 Å². The van der Waals surface area contributed by atoms with Crippen LogP contribution >= 0.6 is 0 Å². The molecule has 1 N–H and O–H groups in total. The molecule has 2 aromatic rings. The number of benzene rings is 1. The van der Waals surface area contributed by atoms with E-state index in [1.807, 2.05) is 19.1 Å². The number of nitrogens with zero attached hydrogens (tertiary/aromatic N) is 4. The Morgan fingerprint density at radius 3 is 2.96 bits per heavy atom. The standard InChI is InChI=1S/C17H19N5O2/c1-3-15(23)22-9-5-6-12-10-13(7-8-14(12)22)16(24)19-17-18-11-21(4-2)20-17/h3,7-8,10-11H,1,4-6,9H2,2H3,(H,19,20,24). The number of aromatic nitrogens is 3. The summed E-state index contributed by atoms with van der Waals surface area (Å²) in [5, 5.41) is 6.82. The van der Waals surface area contributed by atoms with Gasteiger partial charge in [0.2, 0.25) is 11.9 Å². The number of rotatable bonds is 4. The Balaban J connectivity index is 1.81. The molecule has 1 aliphatic rings. The van der Waals surface area contributed by atoms with E-state index in [9.17, 15) is 9.59 Å². The summed E-state index contributed by atoms with van der Waals surface area (Å²) in [5.74, 6) is -0.107. The van der Waals surface area contributed by atoms with Gasteiger partial charge in [0.05, 0.1) is 0 Å². The molecule has 0 saturated heterocycles. The molecule has 7 heteroatoms. The fraction of sp³-hybridized carbons (Fsp3) is 0.294. The Morgan fingerprint density at radius 2 is 2.25 bits per heavy atom. The average molecular weight is 325 g/mol. The van der Waals surface area contributed by atoms with Crippen LogP contribution in [0.15, 0.2) is 37.2 Å². The second kappa shape index (κ2) is 6.66. The van der Waals surface area contributed by atoms with Crippen molar-refractivity contribution >= 4 is 23.5 Å². The van der Waals surface area contributed by atoms with E-state index < -0.39 is 0 Å². The van der Waals surface area contributed by atoms with Crippen molar-refractivity contribution in [1.82, 2.24) is 14.8 Å². The fourth-order valence-corrected chi connectivity index (χ4v) is 2.76. The average Bonchev–Trinajstić information content (AvgIpc) is 3.07. The van der Waals surface area contributed by atoms with Crippen LogP contribution in [0.3, 0.4) is 0 Å². The highest BCUT2D eigenvalue weighted by molar-refractivity contribution is 6.05. The maximum Gasteiger partial charge on any atom is 0.258 e. The molecule has 1 aromatic heterocycles. The highest BCUT2D eigenvalue weighted by Crippen LogP contribution is 2.28. The van der Waals surface area contributed by atoms with Crippen LogP contribution in [0, 0.1) is 0 Å². The molecule has 0 spiro atoms. The first kappa shape index (κ1) is 15.9. The van der Waals surface area contributed by atoms with Gasteiger partial charge in [-0.1, -0.05) is 6.58 Å². The Morgan fingerprint density at radius 1 is 1.42 bits per heavy atom. The predicted molar refractivity (Wildman–Crippen MR) is 91.0 cm³/mol. The lowest BCUT2D eigenvalue weighted by Crippen LogP contribution is -2.34. The normalized spacial score (nSPS) is 13.3. The number of carbonyl (C=O) groups excluding carboxylic acids is 2. The topological polar surface area (TPSA) is 80.1 Å². The van der Waals surface area contributed by atoms with E-state index in [4.69, 9.17) is 0 Å². The summed E-state index contributed by atoms with van der Waals surface area (Å²) in [6.07, 6.45) is 4.58. The van der Waals surface area contributed by atoms with Crippen LogP contribution in [-0.4, -0.2) is 33.1 Å². The summed E-state index contributed by atoms with van der Waals surface area (Å²) < 4.78 is 1.64. The number of hydrogen-bond acceptors (Lipinski definition) is 4. The molecule has 124 valence electrons. The van der Waals surface area contributed by atoms with Crippen molar-refractivity contribution < 1.29 is 9.59 Å². The molecule has 0 aliphatic carbocycles. The van der Waals surface area contributed by atoms with Gasteiger partial charge in [-0.05, 0) is 49.6 Å². The van der Waals surface area contributed by atoms with Crippen molar-refractivity contribution in [2.45, 2.75) is 26.3 Å². The molecule has 0 bridgehead atoms. The van der Waals surface area contributed by atoms with Crippen LogP contribution in [0.5, 0.6) is 0 Å². The van der Waals surface area contributed by atoms with Gasteiger partial charge < -0.3 is 4.90 Å². The van der Waals surface area contributed by atoms with Gasteiger partial charge >= 0.3 is 0 Å². The molecule has 0 radical (unpaired) electrons. The largest absolute Gasteiger partial charge is 0.309 e. The molecule has 0 saturated carbocycles. The van der Waals surface area contributed by atoms with Crippen LogP contribution in [0.2, 0.25) is 0 Å². The molecular formula is C17H19N5O2. The minimum absolute atomic E-state index is 0.123. The predicted octanol–water partition coefficient (Wildman–Crippen LogP) is 2.02. The maximum atomic E-state index is 12.4. The maximum absolute atomic E-state index is 12.4. The fourth-order valence-electron chi connectivity index (χ4n) is 2.76. The molecule has 2 heterocycles. The van der Waals surface area contributed by atoms with Crippen LogP contribution in [0.1, 0.15) is 29.3 Å². The summed E-state index contributed by atoms with van der Waals surface area (Å²) in [6, 6.07) is 5.34. The molecule has 0 atom stereocenters. The lowest BCUT2D eigenvalue weighted by Gasteiger charge is -2.28. The molecule has 3 rings (SSSR count). The SMILES string of the molecule is C=CC(=O)N1CCCc2cc(C(=O)Nc3ncn(CC)n3)ccc21. The third-order valence-corrected chi connectivity index (χ3v) is 3.99. The van der Waals surface area contributed by atoms with E-state index >= 15 is 0 Å². The molecule has 7 nitrogen and oxygen atoms in total. The van der Waals surface area contributed by atoms with Crippen molar-refractivity contribution in [1.29, 1.82) is 0 Å². The number of carbonyl (C=O) groups is 2. The van der Waals surface area contributed by atoms with Crippen LogP contribution < -0.4 is 10.2 Å². The van der Waals surface area contributed by atoms with Crippen molar-refractivity contribution in [2.24, 2.45) is 0 Å². The molecule has 24 heavy (non-hydrogen) atoms. The van der Waals surface area contributed by atoms with Gasteiger partial charge in [0.15, 0.2) is 0 Å². The van der Waals surface area contributed by atoms with E-state index in [1.165, 1.54) is 6.08 Å². The second-order valence-electron chi connectivity index (χ2n) is 5.52. The van der Waals surface area contributed by atoms with E-state index in [2.05, 4.69) is 22.0 Å². The van der Waals surface area contributed by atoms with Crippen LogP contribution in [-0.2, 0) is 17.8 Å². The Hall–Kier alpha value is -2.96. The van der Waals surface area contributed by atoms with Gasteiger partial charge in [-0.2, -0.15) is 0 Å². The Labute approximate surface area is 140 Å². The molecular weight excluding hydrogens is 306 g/mol. The third-order valence-electron chi connectivity index (χ3n) is 3.99. The molecule has 0 unspecified atom stereocenters. The zero-order chi connectivity index (χ0) is 17.1. The lowest BCUT2D eigenvalue weighted by atomic mass is 9.99. The van der Waals surface area contributed by atoms with E-state index in [0.717, 1.165) is 24.1 Å². The molecule has 2 amide bonds. The lowest BCUT2D eigenvalue weighted by molar-refractivity contribution is -0.114. The Bertz CT molecular complexity index is 796. The van der Waals surface area contributed by atoms with E-state index in [1.54, 1.807) is 22.0 Å². The molecule has 1 aliphatic heterocycles. The summed E-state index contributed by atoms with van der Waals surface area (Å²) in [6.45, 7) is 6.84. The smallest absolute Gasteiger partial charge is 0.258 e. The quantitative estimate of drug-likeness (QED) is 0.872. The van der Waals surface area contributed by atoms with Gasteiger partial charge in [-0.25, -0.2) is 4.98 Å². The molecule has 0 fully saturated rings. The van der Waals surface area contributed by atoms with Gasteiger partial charge in [0, 0.05) is 24.3 Å². The summed E-state index contributed by atoms with van der Waals surface area (Å²) >= 11 is 0. The van der Waals surface area contributed by atoms with Gasteiger partial charge in [-0.15, -0.1) is 5.10 Å². The number of hydrogen-bond donors (Lipinski definition) is 1. The number of nitrogens with one attached hydrogen (secondary N) is 1. The summed E-state index contributed by atoms with van der Waals surface area (Å²) in [7, 11) is 0. The van der Waals surface area contributed by atoms with Gasteiger partial charge in [-0.3, -0.25) is 19.6 Å².